The average Bonchev–Trinajstić information content (AvgIpc) is 2.29. The topological polar surface area (TPSA) is 0 Å². The quantitative estimate of drug-likeness (QED) is 0.532. The highest BCUT2D eigenvalue weighted by Gasteiger charge is 2.13. The molecule has 0 nitrogen and oxygen atoms in total. The zero-order valence-electron chi connectivity index (χ0n) is 8.63. The Kier molecular flexibility index (Phi) is 4.53. The Morgan fingerprint density at radius 1 is 0.941 bits per heavy atom. The maximum absolute atomic E-state index is 6.45. The van der Waals surface area contributed by atoms with Crippen molar-refractivity contribution in [2.45, 2.75) is 5.38 Å². The fourth-order valence-corrected chi connectivity index (χ4v) is 3.39. The van der Waals surface area contributed by atoms with E-state index in [9.17, 15) is 0 Å². The van der Waals surface area contributed by atoms with Crippen molar-refractivity contribution in [2.24, 2.45) is 0 Å². The van der Waals surface area contributed by atoms with Crippen LogP contribution in [0.3, 0.4) is 0 Å². The summed E-state index contributed by atoms with van der Waals surface area (Å²) in [6.07, 6.45) is 0. The third-order valence-corrected chi connectivity index (χ3v) is 4.32. The van der Waals surface area contributed by atoms with Crippen molar-refractivity contribution in [1.29, 1.82) is 0 Å². The van der Waals surface area contributed by atoms with E-state index < -0.39 is 0 Å². The van der Waals surface area contributed by atoms with E-state index in [1.807, 2.05) is 42.5 Å². The SMILES string of the molecule is Clc1ccc(C(Cl)c2ccc(Br)cc2Br)cc1. The van der Waals surface area contributed by atoms with Gasteiger partial charge in [-0.25, -0.2) is 0 Å². The van der Waals surface area contributed by atoms with Crippen molar-refractivity contribution in [2.75, 3.05) is 0 Å². The van der Waals surface area contributed by atoms with Gasteiger partial charge in [0, 0.05) is 14.0 Å². The van der Waals surface area contributed by atoms with Crippen LogP contribution >= 0.6 is 55.1 Å². The standard InChI is InChI=1S/C13H8Br2Cl2/c14-9-3-6-11(12(15)7-9)13(17)8-1-4-10(16)5-2-8/h1-7,13H. The molecule has 0 heterocycles. The minimum absolute atomic E-state index is 0.185. The van der Waals surface area contributed by atoms with E-state index in [1.165, 1.54) is 0 Å². The first kappa shape index (κ1) is 13.4. The van der Waals surface area contributed by atoms with Crippen LogP contribution in [0, 0.1) is 0 Å². The average molecular weight is 395 g/mol. The highest BCUT2D eigenvalue weighted by molar-refractivity contribution is 9.11. The molecule has 0 saturated carbocycles. The van der Waals surface area contributed by atoms with Crippen molar-refractivity contribution < 1.29 is 0 Å². The van der Waals surface area contributed by atoms with Crippen LogP contribution in [0.2, 0.25) is 5.02 Å². The Labute approximate surface area is 127 Å². The van der Waals surface area contributed by atoms with Crippen LogP contribution in [0.5, 0.6) is 0 Å². The first-order valence-corrected chi connectivity index (χ1v) is 7.32. The molecule has 0 bridgehead atoms. The van der Waals surface area contributed by atoms with Gasteiger partial charge in [0.1, 0.15) is 0 Å². The molecule has 0 amide bonds. The van der Waals surface area contributed by atoms with Gasteiger partial charge < -0.3 is 0 Å². The molecule has 2 rings (SSSR count). The van der Waals surface area contributed by atoms with Gasteiger partial charge >= 0.3 is 0 Å². The monoisotopic (exact) mass is 392 g/mol. The first-order chi connectivity index (χ1) is 8.08. The molecule has 0 aliphatic rings. The minimum atomic E-state index is -0.185. The fraction of sp³-hybridized carbons (Fsp3) is 0.0769. The van der Waals surface area contributed by atoms with E-state index in [0.29, 0.717) is 5.02 Å². The van der Waals surface area contributed by atoms with Crippen LogP contribution < -0.4 is 0 Å². The number of benzene rings is 2. The Morgan fingerprint density at radius 3 is 2.18 bits per heavy atom. The second-order valence-electron chi connectivity index (χ2n) is 3.58. The molecule has 17 heavy (non-hydrogen) atoms. The lowest BCUT2D eigenvalue weighted by Gasteiger charge is -2.12. The number of rotatable bonds is 2. The summed E-state index contributed by atoms with van der Waals surface area (Å²) < 4.78 is 2.01. The van der Waals surface area contributed by atoms with Crippen LogP contribution in [0.15, 0.2) is 51.4 Å². The lowest BCUT2D eigenvalue weighted by Crippen LogP contribution is -1.94. The van der Waals surface area contributed by atoms with Gasteiger partial charge in [0.05, 0.1) is 5.38 Å². The van der Waals surface area contributed by atoms with Crippen molar-refractivity contribution in [1.82, 2.24) is 0 Å². The maximum Gasteiger partial charge on any atom is 0.0846 e. The molecule has 0 spiro atoms. The molecule has 0 aliphatic carbocycles. The van der Waals surface area contributed by atoms with Crippen LogP contribution in [0.4, 0.5) is 0 Å². The van der Waals surface area contributed by atoms with E-state index in [1.54, 1.807) is 0 Å². The van der Waals surface area contributed by atoms with E-state index in [4.69, 9.17) is 23.2 Å². The summed E-state index contributed by atoms with van der Waals surface area (Å²) in [6, 6.07) is 13.5. The molecule has 2 aromatic carbocycles. The van der Waals surface area contributed by atoms with Crippen LogP contribution in [-0.4, -0.2) is 0 Å². The molecule has 0 fully saturated rings. The summed E-state index contributed by atoms with van der Waals surface area (Å²) in [6.45, 7) is 0. The maximum atomic E-state index is 6.45. The molecule has 0 radical (unpaired) electrons. The van der Waals surface area contributed by atoms with Gasteiger partial charge in [-0.05, 0) is 35.4 Å². The second kappa shape index (κ2) is 5.75. The molecule has 0 aromatic heterocycles. The van der Waals surface area contributed by atoms with Crippen molar-refractivity contribution >= 4 is 55.1 Å². The third-order valence-electron chi connectivity index (χ3n) is 2.40. The summed E-state index contributed by atoms with van der Waals surface area (Å²) in [4.78, 5) is 0. The van der Waals surface area contributed by atoms with Crippen molar-refractivity contribution in [3.8, 4) is 0 Å². The lowest BCUT2D eigenvalue weighted by molar-refractivity contribution is 1.13. The molecule has 0 saturated heterocycles. The summed E-state index contributed by atoms with van der Waals surface area (Å²) in [5.74, 6) is 0. The molecule has 1 unspecified atom stereocenters. The Hall–Kier alpha value is -0.0200. The summed E-state index contributed by atoms with van der Waals surface area (Å²) in [7, 11) is 0. The van der Waals surface area contributed by atoms with E-state index >= 15 is 0 Å². The second-order valence-corrected chi connectivity index (χ2v) is 6.22. The molecule has 2 aromatic rings. The summed E-state index contributed by atoms with van der Waals surface area (Å²) >= 11 is 19.2. The van der Waals surface area contributed by atoms with Gasteiger partial charge in [0.25, 0.3) is 0 Å². The van der Waals surface area contributed by atoms with Gasteiger partial charge in [-0.3, -0.25) is 0 Å². The molecular weight excluding hydrogens is 387 g/mol. The van der Waals surface area contributed by atoms with Crippen LogP contribution in [0.25, 0.3) is 0 Å². The minimum Gasteiger partial charge on any atom is -0.113 e. The number of hydrogen-bond acceptors (Lipinski definition) is 0. The molecule has 88 valence electrons. The van der Waals surface area contributed by atoms with Gasteiger partial charge in [0.15, 0.2) is 0 Å². The Bertz CT molecular complexity index is 523. The molecular formula is C13H8Br2Cl2. The zero-order valence-corrected chi connectivity index (χ0v) is 13.3. The van der Waals surface area contributed by atoms with Crippen LogP contribution in [-0.2, 0) is 0 Å². The van der Waals surface area contributed by atoms with Gasteiger partial charge in [0.2, 0.25) is 0 Å². The first-order valence-electron chi connectivity index (χ1n) is 4.92. The predicted molar refractivity (Wildman–Crippen MR) is 81.0 cm³/mol. The van der Waals surface area contributed by atoms with E-state index in [-0.39, 0.29) is 5.38 Å². The fourth-order valence-electron chi connectivity index (χ4n) is 1.52. The zero-order chi connectivity index (χ0) is 12.4. The summed E-state index contributed by atoms with van der Waals surface area (Å²) in [5.41, 5.74) is 2.07. The predicted octanol–water partition coefficient (Wildman–Crippen LogP) is 6.19. The largest absolute Gasteiger partial charge is 0.113 e. The molecule has 0 N–H and O–H groups in total. The van der Waals surface area contributed by atoms with Crippen molar-refractivity contribution in [3.05, 3.63) is 67.6 Å². The normalized spacial score (nSPS) is 12.5. The molecule has 4 heteroatoms. The molecule has 1 atom stereocenters. The number of hydrogen-bond donors (Lipinski definition) is 0. The van der Waals surface area contributed by atoms with Crippen LogP contribution in [0.1, 0.15) is 16.5 Å². The van der Waals surface area contributed by atoms with Gasteiger partial charge in [-0.1, -0.05) is 61.7 Å². The smallest absolute Gasteiger partial charge is 0.0846 e. The van der Waals surface area contributed by atoms with Gasteiger partial charge in [-0.2, -0.15) is 0 Å². The summed E-state index contributed by atoms with van der Waals surface area (Å²) in [5, 5.41) is 0.530. The number of halogens is 4. The highest BCUT2D eigenvalue weighted by atomic mass is 79.9. The van der Waals surface area contributed by atoms with Crippen molar-refractivity contribution in [3.63, 3.8) is 0 Å². The lowest BCUT2D eigenvalue weighted by atomic mass is 10.0. The molecule has 0 aliphatic heterocycles. The van der Waals surface area contributed by atoms with E-state index in [2.05, 4.69) is 31.9 Å². The van der Waals surface area contributed by atoms with Gasteiger partial charge in [-0.15, -0.1) is 11.6 Å². The third kappa shape index (κ3) is 3.25. The highest BCUT2D eigenvalue weighted by Crippen LogP contribution is 2.35. The number of alkyl halides is 1. The Balaban J connectivity index is 2.36. The van der Waals surface area contributed by atoms with E-state index in [0.717, 1.165) is 20.1 Å². The Morgan fingerprint density at radius 2 is 1.59 bits per heavy atom.